The van der Waals surface area contributed by atoms with E-state index in [0.29, 0.717) is 5.92 Å². The van der Waals surface area contributed by atoms with Crippen molar-refractivity contribution in [2.24, 2.45) is 5.92 Å². The van der Waals surface area contributed by atoms with Crippen LogP contribution in [0.5, 0.6) is 0 Å². The molecule has 1 aliphatic heterocycles. The van der Waals surface area contributed by atoms with Gasteiger partial charge in [-0.05, 0) is 48.2 Å². The molecule has 5 heteroatoms. The molecule has 0 bridgehead atoms. The molecule has 3 heterocycles. The summed E-state index contributed by atoms with van der Waals surface area (Å²) in [6, 6.07) is 2.18. The second-order valence-corrected chi connectivity index (χ2v) is 5.72. The van der Waals surface area contributed by atoms with Crippen LogP contribution in [0, 0.1) is 12.8 Å². The first-order valence-corrected chi connectivity index (χ1v) is 7.37. The SMILES string of the molecule is Cc1nnc2n1C[C@@H](CNCc1ccsc1)CC2. The zero-order valence-electron chi connectivity index (χ0n) is 10.6. The van der Waals surface area contributed by atoms with Gasteiger partial charge in [0.2, 0.25) is 0 Å². The first kappa shape index (κ1) is 11.9. The Balaban J connectivity index is 1.52. The maximum Gasteiger partial charge on any atom is 0.133 e. The van der Waals surface area contributed by atoms with E-state index in [4.69, 9.17) is 0 Å². The Morgan fingerprint density at radius 1 is 1.50 bits per heavy atom. The van der Waals surface area contributed by atoms with Crippen molar-refractivity contribution < 1.29 is 0 Å². The van der Waals surface area contributed by atoms with Crippen molar-refractivity contribution >= 4 is 11.3 Å². The van der Waals surface area contributed by atoms with Crippen molar-refractivity contribution in [1.29, 1.82) is 0 Å². The van der Waals surface area contributed by atoms with Crippen molar-refractivity contribution in [3.8, 4) is 0 Å². The van der Waals surface area contributed by atoms with Crippen molar-refractivity contribution in [3.05, 3.63) is 34.0 Å². The molecule has 18 heavy (non-hydrogen) atoms. The molecule has 0 aliphatic carbocycles. The summed E-state index contributed by atoms with van der Waals surface area (Å²) < 4.78 is 2.26. The van der Waals surface area contributed by atoms with Crippen LogP contribution in [0.3, 0.4) is 0 Å². The molecule has 0 saturated heterocycles. The number of hydrogen-bond donors (Lipinski definition) is 1. The Hall–Kier alpha value is -1.20. The molecule has 0 amide bonds. The molecular weight excluding hydrogens is 244 g/mol. The van der Waals surface area contributed by atoms with Gasteiger partial charge in [0.1, 0.15) is 11.6 Å². The van der Waals surface area contributed by atoms with Crippen LogP contribution in [0.2, 0.25) is 0 Å². The molecule has 0 fully saturated rings. The molecule has 2 aromatic rings. The van der Waals surface area contributed by atoms with Gasteiger partial charge >= 0.3 is 0 Å². The minimum atomic E-state index is 0.700. The number of nitrogens with one attached hydrogen (secondary N) is 1. The molecule has 1 N–H and O–H groups in total. The molecule has 4 nitrogen and oxygen atoms in total. The number of nitrogens with zero attached hydrogens (tertiary/aromatic N) is 3. The lowest BCUT2D eigenvalue weighted by Crippen LogP contribution is -2.30. The maximum atomic E-state index is 4.21. The van der Waals surface area contributed by atoms with Crippen LogP contribution in [0.1, 0.15) is 23.6 Å². The Morgan fingerprint density at radius 3 is 3.28 bits per heavy atom. The number of fused-ring (bicyclic) bond motifs is 1. The molecule has 1 atom stereocenters. The minimum Gasteiger partial charge on any atom is -0.315 e. The summed E-state index contributed by atoms with van der Waals surface area (Å²) in [7, 11) is 0. The molecule has 3 rings (SSSR count). The first-order chi connectivity index (χ1) is 8.83. The zero-order chi connectivity index (χ0) is 12.4. The van der Waals surface area contributed by atoms with E-state index >= 15 is 0 Å². The summed E-state index contributed by atoms with van der Waals surface area (Å²) in [6.07, 6.45) is 2.28. The second kappa shape index (κ2) is 5.20. The Kier molecular flexibility index (Phi) is 3.43. The van der Waals surface area contributed by atoms with Crippen LogP contribution in [0.15, 0.2) is 16.8 Å². The van der Waals surface area contributed by atoms with E-state index in [0.717, 1.165) is 37.7 Å². The summed E-state index contributed by atoms with van der Waals surface area (Å²) in [5.74, 6) is 2.90. The second-order valence-electron chi connectivity index (χ2n) is 4.94. The smallest absolute Gasteiger partial charge is 0.133 e. The molecule has 0 saturated carbocycles. The molecular formula is C13H18N4S. The van der Waals surface area contributed by atoms with E-state index in [2.05, 4.69) is 36.9 Å². The van der Waals surface area contributed by atoms with Crippen LogP contribution >= 0.6 is 11.3 Å². The normalized spacial score (nSPS) is 18.8. The van der Waals surface area contributed by atoms with Crippen molar-refractivity contribution in [2.45, 2.75) is 32.9 Å². The van der Waals surface area contributed by atoms with E-state index in [1.807, 2.05) is 6.92 Å². The van der Waals surface area contributed by atoms with Gasteiger partial charge in [0, 0.05) is 19.5 Å². The van der Waals surface area contributed by atoms with Gasteiger partial charge in [-0.15, -0.1) is 10.2 Å². The first-order valence-electron chi connectivity index (χ1n) is 6.43. The highest BCUT2D eigenvalue weighted by Crippen LogP contribution is 2.19. The lowest BCUT2D eigenvalue weighted by atomic mass is 9.99. The van der Waals surface area contributed by atoms with Gasteiger partial charge < -0.3 is 9.88 Å². The van der Waals surface area contributed by atoms with E-state index in [1.165, 1.54) is 12.0 Å². The van der Waals surface area contributed by atoms with Crippen LogP contribution in [0.25, 0.3) is 0 Å². The van der Waals surface area contributed by atoms with Crippen LogP contribution in [0.4, 0.5) is 0 Å². The Bertz CT molecular complexity index is 503. The monoisotopic (exact) mass is 262 g/mol. The Morgan fingerprint density at radius 2 is 2.44 bits per heavy atom. The number of thiophene rings is 1. The highest BCUT2D eigenvalue weighted by Gasteiger charge is 2.20. The quantitative estimate of drug-likeness (QED) is 0.916. The number of hydrogen-bond acceptors (Lipinski definition) is 4. The average Bonchev–Trinajstić information content (AvgIpc) is 3.01. The average molecular weight is 262 g/mol. The fraction of sp³-hybridized carbons (Fsp3) is 0.538. The van der Waals surface area contributed by atoms with Gasteiger partial charge in [-0.1, -0.05) is 0 Å². The fourth-order valence-corrected chi connectivity index (χ4v) is 3.18. The van der Waals surface area contributed by atoms with Gasteiger partial charge in [-0.2, -0.15) is 11.3 Å². The predicted molar refractivity (Wildman–Crippen MR) is 72.6 cm³/mol. The lowest BCUT2D eigenvalue weighted by Gasteiger charge is -2.24. The van der Waals surface area contributed by atoms with Crippen LogP contribution in [-0.4, -0.2) is 21.3 Å². The minimum absolute atomic E-state index is 0.700. The summed E-state index contributed by atoms with van der Waals surface area (Å²) >= 11 is 1.76. The number of rotatable bonds is 4. The highest BCUT2D eigenvalue weighted by atomic mass is 32.1. The maximum absolute atomic E-state index is 4.21. The van der Waals surface area contributed by atoms with E-state index < -0.39 is 0 Å². The molecule has 0 unspecified atom stereocenters. The fourth-order valence-electron chi connectivity index (χ4n) is 2.51. The third kappa shape index (κ3) is 2.47. The van der Waals surface area contributed by atoms with Crippen molar-refractivity contribution in [2.75, 3.05) is 6.54 Å². The molecule has 0 aromatic carbocycles. The van der Waals surface area contributed by atoms with E-state index in [1.54, 1.807) is 11.3 Å². The Labute approximate surface area is 111 Å². The van der Waals surface area contributed by atoms with Gasteiger partial charge in [0.05, 0.1) is 0 Å². The number of aromatic nitrogens is 3. The van der Waals surface area contributed by atoms with E-state index in [-0.39, 0.29) is 0 Å². The summed E-state index contributed by atoms with van der Waals surface area (Å²) in [5, 5.41) is 16.2. The standard InChI is InChI=1S/C13H18N4S/c1-10-15-16-13-3-2-11(8-17(10)13)6-14-7-12-4-5-18-9-12/h4-5,9,11,14H,2-3,6-8H2,1H3/t11-/m1/s1. The zero-order valence-corrected chi connectivity index (χ0v) is 11.4. The third-order valence-electron chi connectivity index (χ3n) is 3.57. The third-order valence-corrected chi connectivity index (χ3v) is 4.30. The van der Waals surface area contributed by atoms with Crippen LogP contribution < -0.4 is 5.32 Å². The summed E-state index contributed by atoms with van der Waals surface area (Å²) in [6.45, 7) is 5.16. The van der Waals surface area contributed by atoms with E-state index in [9.17, 15) is 0 Å². The molecule has 0 spiro atoms. The molecule has 2 aromatic heterocycles. The molecule has 0 radical (unpaired) electrons. The largest absolute Gasteiger partial charge is 0.315 e. The van der Waals surface area contributed by atoms with Crippen molar-refractivity contribution in [3.63, 3.8) is 0 Å². The topological polar surface area (TPSA) is 42.7 Å². The summed E-state index contributed by atoms with van der Waals surface area (Å²) in [5.41, 5.74) is 1.39. The van der Waals surface area contributed by atoms with Crippen molar-refractivity contribution in [1.82, 2.24) is 20.1 Å². The van der Waals surface area contributed by atoms with Gasteiger partial charge in [-0.3, -0.25) is 0 Å². The predicted octanol–water partition coefficient (Wildman–Crippen LogP) is 2.00. The van der Waals surface area contributed by atoms with Gasteiger partial charge in [0.15, 0.2) is 0 Å². The van der Waals surface area contributed by atoms with Gasteiger partial charge in [0.25, 0.3) is 0 Å². The summed E-state index contributed by atoms with van der Waals surface area (Å²) in [4.78, 5) is 0. The van der Waals surface area contributed by atoms with Gasteiger partial charge in [-0.25, -0.2) is 0 Å². The number of aryl methyl sites for hydroxylation is 2. The molecule has 96 valence electrons. The lowest BCUT2D eigenvalue weighted by molar-refractivity contribution is 0.344. The molecule has 1 aliphatic rings. The highest BCUT2D eigenvalue weighted by molar-refractivity contribution is 7.07. The van der Waals surface area contributed by atoms with Crippen LogP contribution in [-0.2, 0) is 19.5 Å².